The van der Waals surface area contributed by atoms with Gasteiger partial charge in [-0.1, -0.05) is 29.8 Å². The van der Waals surface area contributed by atoms with Crippen LogP contribution in [0.2, 0.25) is 5.02 Å². The lowest BCUT2D eigenvalue weighted by atomic mass is 10.1. The molecule has 1 atom stereocenters. The van der Waals surface area contributed by atoms with E-state index in [9.17, 15) is 9.59 Å². The number of aromatic nitrogens is 1. The van der Waals surface area contributed by atoms with Gasteiger partial charge in [0.25, 0.3) is 0 Å². The van der Waals surface area contributed by atoms with E-state index in [1.807, 2.05) is 31.2 Å². The van der Waals surface area contributed by atoms with E-state index in [1.54, 1.807) is 6.20 Å². The molecule has 7 heteroatoms. The number of nitrogens with one attached hydrogen (secondary N) is 1. The molecule has 0 bridgehead atoms. The SMILES string of the molecule is CCOc1c(Cl)cc(C(=O)O[C@@H](C)C(=O)c2c[nH]c3ccccc23)cc1OC. The maximum absolute atomic E-state index is 12.7. The summed E-state index contributed by atoms with van der Waals surface area (Å²) in [6, 6.07) is 10.3. The van der Waals surface area contributed by atoms with Gasteiger partial charge in [-0.2, -0.15) is 0 Å². The minimum Gasteiger partial charge on any atom is -0.493 e. The zero-order valence-electron chi connectivity index (χ0n) is 15.7. The third-order valence-corrected chi connectivity index (χ3v) is 4.54. The summed E-state index contributed by atoms with van der Waals surface area (Å²) in [6.45, 7) is 3.75. The van der Waals surface area contributed by atoms with E-state index < -0.39 is 12.1 Å². The minimum atomic E-state index is -0.969. The summed E-state index contributed by atoms with van der Waals surface area (Å²) in [4.78, 5) is 28.3. The standard InChI is InChI=1S/C21H20ClNO5/c1-4-27-20-16(22)9-13(10-18(20)26-3)21(25)28-12(2)19(24)15-11-23-17-8-6-5-7-14(15)17/h5-12,23H,4H2,1-3H3/t12-/m0/s1. The highest BCUT2D eigenvalue weighted by atomic mass is 35.5. The van der Waals surface area contributed by atoms with Crippen LogP contribution in [0.3, 0.4) is 0 Å². The smallest absolute Gasteiger partial charge is 0.339 e. The third kappa shape index (κ3) is 3.82. The van der Waals surface area contributed by atoms with Crippen molar-refractivity contribution in [3.63, 3.8) is 0 Å². The molecule has 146 valence electrons. The molecule has 1 aromatic heterocycles. The largest absolute Gasteiger partial charge is 0.493 e. The van der Waals surface area contributed by atoms with E-state index >= 15 is 0 Å². The average molecular weight is 402 g/mol. The Hall–Kier alpha value is -2.99. The number of methoxy groups -OCH3 is 1. The molecule has 1 heterocycles. The van der Waals surface area contributed by atoms with Crippen molar-refractivity contribution < 1.29 is 23.8 Å². The molecule has 1 N–H and O–H groups in total. The molecule has 0 aliphatic carbocycles. The van der Waals surface area contributed by atoms with Gasteiger partial charge in [0.1, 0.15) is 0 Å². The summed E-state index contributed by atoms with van der Waals surface area (Å²) >= 11 is 6.20. The van der Waals surface area contributed by atoms with Crippen molar-refractivity contribution in [2.45, 2.75) is 20.0 Å². The number of esters is 1. The second-order valence-corrected chi connectivity index (χ2v) is 6.49. The fraction of sp³-hybridized carbons (Fsp3) is 0.238. The molecule has 0 spiro atoms. The highest BCUT2D eigenvalue weighted by molar-refractivity contribution is 6.32. The predicted molar refractivity (Wildman–Crippen MR) is 107 cm³/mol. The Labute approximate surface area is 167 Å². The molecule has 0 saturated heterocycles. The fourth-order valence-corrected chi connectivity index (χ4v) is 3.16. The number of hydrogen-bond donors (Lipinski definition) is 1. The summed E-state index contributed by atoms with van der Waals surface area (Å²) in [5.74, 6) is -0.304. The first-order valence-electron chi connectivity index (χ1n) is 8.77. The Bertz CT molecular complexity index is 1030. The van der Waals surface area contributed by atoms with Crippen LogP contribution in [0.5, 0.6) is 11.5 Å². The zero-order chi connectivity index (χ0) is 20.3. The molecule has 0 unspecified atom stereocenters. The molecule has 0 aliphatic heterocycles. The molecule has 0 aliphatic rings. The van der Waals surface area contributed by atoms with Crippen molar-refractivity contribution in [2.24, 2.45) is 0 Å². The Morgan fingerprint density at radius 3 is 2.68 bits per heavy atom. The number of benzene rings is 2. The molecule has 0 radical (unpaired) electrons. The van der Waals surface area contributed by atoms with Crippen molar-refractivity contribution in [3.05, 3.63) is 58.7 Å². The fourth-order valence-electron chi connectivity index (χ4n) is 2.90. The lowest BCUT2D eigenvalue weighted by Gasteiger charge is -2.15. The maximum Gasteiger partial charge on any atom is 0.339 e. The van der Waals surface area contributed by atoms with Crippen LogP contribution in [0.1, 0.15) is 34.6 Å². The molecule has 2 aromatic carbocycles. The van der Waals surface area contributed by atoms with Crippen molar-refractivity contribution in [1.29, 1.82) is 0 Å². The van der Waals surface area contributed by atoms with Gasteiger partial charge in [-0.3, -0.25) is 4.79 Å². The van der Waals surface area contributed by atoms with Gasteiger partial charge >= 0.3 is 5.97 Å². The van der Waals surface area contributed by atoms with Crippen molar-refractivity contribution in [3.8, 4) is 11.5 Å². The van der Waals surface area contributed by atoms with Gasteiger partial charge in [-0.05, 0) is 32.0 Å². The number of carbonyl (C=O) groups is 2. The van der Waals surface area contributed by atoms with Crippen molar-refractivity contribution in [1.82, 2.24) is 4.98 Å². The lowest BCUT2D eigenvalue weighted by Crippen LogP contribution is -2.24. The van der Waals surface area contributed by atoms with Crippen LogP contribution >= 0.6 is 11.6 Å². The number of hydrogen-bond acceptors (Lipinski definition) is 5. The number of para-hydroxylation sites is 1. The topological polar surface area (TPSA) is 77.6 Å². The van der Waals surface area contributed by atoms with E-state index in [1.165, 1.54) is 26.2 Å². The van der Waals surface area contributed by atoms with Gasteiger partial charge in [0.2, 0.25) is 5.78 Å². The zero-order valence-corrected chi connectivity index (χ0v) is 16.5. The normalized spacial score (nSPS) is 11.9. The van der Waals surface area contributed by atoms with Crippen LogP contribution in [0, 0.1) is 0 Å². The first kappa shape index (κ1) is 19.8. The van der Waals surface area contributed by atoms with E-state index in [2.05, 4.69) is 4.98 Å². The Morgan fingerprint density at radius 1 is 1.21 bits per heavy atom. The van der Waals surface area contributed by atoms with Gasteiger partial charge in [0.05, 0.1) is 24.3 Å². The monoisotopic (exact) mass is 401 g/mol. The quantitative estimate of drug-likeness (QED) is 0.460. The Morgan fingerprint density at radius 2 is 1.96 bits per heavy atom. The molecule has 0 amide bonds. The molecule has 0 saturated carbocycles. The predicted octanol–water partition coefficient (Wildman–Crippen LogP) is 4.66. The van der Waals surface area contributed by atoms with Crippen LogP contribution < -0.4 is 9.47 Å². The van der Waals surface area contributed by atoms with Crippen molar-refractivity contribution >= 4 is 34.3 Å². The number of ether oxygens (including phenoxy) is 3. The second-order valence-electron chi connectivity index (χ2n) is 6.08. The van der Waals surface area contributed by atoms with E-state index in [4.69, 9.17) is 25.8 Å². The number of fused-ring (bicyclic) bond motifs is 1. The number of carbonyl (C=O) groups excluding carboxylic acids is 2. The summed E-state index contributed by atoms with van der Waals surface area (Å²) in [7, 11) is 1.45. The summed E-state index contributed by atoms with van der Waals surface area (Å²) in [5.41, 5.74) is 1.48. The van der Waals surface area contributed by atoms with E-state index in [-0.39, 0.29) is 16.4 Å². The van der Waals surface area contributed by atoms with Crippen molar-refractivity contribution in [2.75, 3.05) is 13.7 Å². The molecule has 3 aromatic rings. The highest BCUT2D eigenvalue weighted by Gasteiger charge is 2.24. The number of halogens is 1. The van der Waals surface area contributed by atoms with Crippen LogP contribution in [-0.2, 0) is 4.74 Å². The minimum absolute atomic E-state index is 0.170. The van der Waals surface area contributed by atoms with Crippen LogP contribution in [0.4, 0.5) is 0 Å². The van der Waals surface area contributed by atoms with E-state index in [0.717, 1.165) is 10.9 Å². The Kier molecular flexibility index (Phi) is 5.90. The summed E-state index contributed by atoms with van der Waals surface area (Å²) < 4.78 is 16.0. The van der Waals surface area contributed by atoms with Gasteiger partial charge in [0.15, 0.2) is 17.6 Å². The molecular weight excluding hydrogens is 382 g/mol. The number of aromatic amines is 1. The summed E-state index contributed by atoms with van der Waals surface area (Å²) in [5, 5.41) is 1.00. The van der Waals surface area contributed by atoms with Crippen LogP contribution in [-0.4, -0.2) is 36.6 Å². The first-order chi connectivity index (χ1) is 13.5. The molecule has 0 fully saturated rings. The molecule has 28 heavy (non-hydrogen) atoms. The number of Topliss-reactive ketones (excluding diaryl/α,β-unsaturated/α-hetero) is 1. The average Bonchev–Trinajstić information content (AvgIpc) is 3.12. The maximum atomic E-state index is 12.7. The first-order valence-corrected chi connectivity index (χ1v) is 9.15. The summed E-state index contributed by atoms with van der Waals surface area (Å²) in [6.07, 6.45) is 0.650. The number of ketones is 1. The van der Waals surface area contributed by atoms with Crippen LogP contribution in [0.15, 0.2) is 42.6 Å². The molecular formula is C21H20ClNO5. The number of rotatable bonds is 7. The van der Waals surface area contributed by atoms with E-state index in [0.29, 0.717) is 23.7 Å². The lowest BCUT2D eigenvalue weighted by molar-refractivity contribution is 0.0319. The molecule has 6 nitrogen and oxygen atoms in total. The van der Waals surface area contributed by atoms with Crippen LogP contribution in [0.25, 0.3) is 10.9 Å². The molecule has 3 rings (SSSR count). The highest BCUT2D eigenvalue weighted by Crippen LogP contribution is 2.36. The number of H-pyrrole nitrogens is 1. The van der Waals surface area contributed by atoms with Gasteiger partial charge in [-0.15, -0.1) is 0 Å². The van der Waals surface area contributed by atoms with Gasteiger partial charge in [0, 0.05) is 22.7 Å². The van der Waals surface area contributed by atoms with Gasteiger partial charge in [-0.25, -0.2) is 4.79 Å². The second kappa shape index (κ2) is 8.35. The third-order valence-electron chi connectivity index (χ3n) is 4.26. The van der Waals surface area contributed by atoms with Gasteiger partial charge < -0.3 is 19.2 Å². The Balaban J connectivity index is 1.80.